The summed E-state index contributed by atoms with van der Waals surface area (Å²) >= 11 is 0. The van der Waals surface area contributed by atoms with Crippen LogP contribution in [0.1, 0.15) is 0 Å². The zero-order valence-corrected chi connectivity index (χ0v) is 14.4. The monoisotopic (exact) mass is 406 g/mol. The first-order chi connectivity index (χ1) is 11.8. The van der Waals surface area contributed by atoms with Gasteiger partial charge in [-0.15, -0.1) is 0 Å². The van der Waals surface area contributed by atoms with Crippen molar-refractivity contribution in [3.63, 3.8) is 0 Å². The fourth-order valence-corrected chi connectivity index (χ4v) is 2.67. The number of nitro benzene ring substituents is 2. The number of nitrogens with zero attached hydrogens (tertiary/aromatic N) is 2. The minimum absolute atomic E-state index is 0.197. The summed E-state index contributed by atoms with van der Waals surface area (Å²) in [5.41, 5.74) is -0.530. The molecule has 4 N–H and O–H groups in total. The van der Waals surface area contributed by atoms with Crippen LogP contribution >= 0.6 is 15.2 Å². The van der Waals surface area contributed by atoms with Crippen molar-refractivity contribution in [1.29, 1.82) is 0 Å². The van der Waals surface area contributed by atoms with Crippen LogP contribution in [-0.4, -0.2) is 29.4 Å². The molecule has 0 atom stereocenters. The van der Waals surface area contributed by atoms with Crippen LogP contribution in [0.15, 0.2) is 48.5 Å². The van der Waals surface area contributed by atoms with Crippen molar-refractivity contribution in [1.82, 2.24) is 0 Å². The van der Waals surface area contributed by atoms with Gasteiger partial charge >= 0.3 is 15.2 Å². The number of hydrogen-bond donors (Lipinski definition) is 4. The molecule has 0 heterocycles. The lowest BCUT2D eigenvalue weighted by Gasteiger charge is -2.01. The average molecular weight is 406 g/mol. The Balaban J connectivity index is 0.000000260. The molecule has 2 rings (SSSR count). The van der Waals surface area contributed by atoms with E-state index in [0.717, 1.165) is 36.4 Å². The van der Waals surface area contributed by atoms with Gasteiger partial charge < -0.3 is 19.6 Å². The molecule has 0 fully saturated rings. The van der Waals surface area contributed by atoms with E-state index in [1.54, 1.807) is 0 Å². The summed E-state index contributed by atoms with van der Waals surface area (Å²) in [7, 11) is -8.68. The molecular formula is C12H12N2O10P2. The van der Waals surface area contributed by atoms with E-state index < -0.39 is 25.0 Å². The molecule has 140 valence electrons. The SMILES string of the molecule is O=[N+]([O-])c1ccc(P(=O)(O)O)cc1.O=[N+]([O-])c1cccc(P(=O)(O)O)c1. The second-order valence-electron chi connectivity index (χ2n) is 4.64. The van der Waals surface area contributed by atoms with Gasteiger partial charge in [-0.1, -0.05) is 6.07 Å². The molecule has 0 saturated heterocycles. The van der Waals surface area contributed by atoms with Crippen molar-refractivity contribution >= 4 is 37.2 Å². The van der Waals surface area contributed by atoms with Crippen molar-refractivity contribution in [3.05, 3.63) is 68.8 Å². The van der Waals surface area contributed by atoms with Gasteiger partial charge in [0.2, 0.25) is 0 Å². The molecule has 0 amide bonds. The molecule has 0 unspecified atom stereocenters. The average Bonchev–Trinajstić information content (AvgIpc) is 2.54. The Bertz CT molecular complexity index is 902. The Hall–Kier alpha value is -2.46. The predicted molar refractivity (Wildman–Crippen MR) is 89.5 cm³/mol. The van der Waals surface area contributed by atoms with Gasteiger partial charge in [0.05, 0.1) is 20.5 Å². The third-order valence-corrected chi connectivity index (χ3v) is 4.70. The molecule has 0 bridgehead atoms. The molecule has 26 heavy (non-hydrogen) atoms. The third kappa shape index (κ3) is 6.45. The van der Waals surface area contributed by atoms with E-state index in [0.29, 0.717) is 0 Å². The zero-order valence-electron chi connectivity index (χ0n) is 12.6. The first-order valence-electron chi connectivity index (χ1n) is 6.43. The van der Waals surface area contributed by atoms with E-state index in [9.17, 15) is 29.4 Å². The predicted octanol–water partition coefficient (Wildman–Crippen LogP) is 0.796. The molecule has 12 nitrogen and oxygen atoms in total. The first-order valence-corrected chi connectivity index (χ1v) is 9.66. The van der Waals surface area contributed by atoms with Crippen molar-refractivity contribution in [3.8, 4) is 0 Å². The lowest BCUT2D eigenvalue weighted by atomic mass is 10.3. The van der Waals surface area contributed by atoms with Crippen molar-refractivity contribution in [2.75, 3.05) is 0 Å². The summed E-state index contributed by atoms with van der Waals surface area (Å²) in [6, 6.07) is 8.58. The maximum Gasteiger partial charge on any atom is 0.356 e. The molecule has 2 aromatic rings. The fourth-order valence-electron chi connectivity index (χ4n) is 1.56. The maximum absolute atomic E-state index is 10.7. The largest absolute Gasteiger partial charge is 0.356 e. The number of rotatable bonds is 4. The van der Waals surface area contributed by atoms with Crippen LogP contribution in [0.3, 0.4) is 0 Å². The topological polar surface area (TPSA) is 201 Å². The summed E-state index contributed by atoms with van der Waals surface area (Å²) < 4.78 is 21.3. The van der Waals surface area contributed by atoms with Gasteiger partial charge in [-0.05, 0) is 18.2 Å². The Morgan fingerprint density at radius 2 is 1.15 bits per heavy atom. The molecule has 2 aromatic carbocycles. The maximum atomic E-state index is 10.7. The van der Waals surface area contributed by atoms with E-state index in [2.05, 4.69) is 0 Å². The van der Waals surface area contributed by atoms with Crippen LogP contribution < -0.4 is 10.6 Å². The number of non-ortho nitro benzene ring substituents is 2. The van der Waals surface area contributed by atoms with Gasteiger partial charge in [-0.25, -0.2) is 0 Å². The molecular weight excluding hydrogens is 394 g/mol. The van der Waals surface area contributed by atoms with Gasteiger partial charge in [0, 0.05) is 24.3 Å². The fraction of sp³-hybridized carbons (Fsp3) is 0. The Kier molecular flexibility index (Phi) is 6.87. The Labute approximate surface area is 145 Å². The van der Waals surface area contributed by atoms with Crippen LogP contribution in [-0.2, 0) is 9.13 Å². The molecule has 0 radical (unpaired) electrons. The van der Waals surface area contributed by atoms with Crippen LogP contribution in [0, 0.1) is 20.2 Å². The second kappa shape index (κ2) is 8.28. The number of hydrogen-bond acceptors (Lipinski definition) is 6. The van der Waals surface area contributed by atoms with E-state index in [-0.39, 0.29) is 22.0 Å². The van der Waals surface area contributed by atoms with Crippen LogP contribution in [0.2, 0.25) is 0 Å². The van der Waals surface area contributed by atoms with Crippen molar-refractivity contribution < 1.29 is 38.6 Å². The molecule has 0 saturated carbocycles. The highest BCUT2D eigenvalue weighted by atomic mass is 31.2. The minimum atomic E-state index is -4.39. The molecule has 0 aliphatic heterocycles. The zero-order chi connectivity index (χ0) is 20.1. The van der Waals surface area contributed by atoms with Crippen molar-refractivity contribution in [2.24, 2.45) is 0 Å². The molecule has 0 aliphatic carbocycles. The molecule has 0 aliphatic rings. The van der Waals surface area contributed by atoms with Gasteiger partial charge in [0.1, 0.15) is 0 Å². The smallest absolute Gasteiger partial charge is 0.321 e. The van der Waals surface area contributed by atoms with Gasteiger partial charge in [-0.3, -0.25) is 29.4 Å². The quantitative estimate of drug-likeness (QED) is 0.319. The third-order valence-electron chi connectivity index (χ3n) is 2.77. The summed E-state index contributed by atoms with van der Waals surface area (Å²) in [6.45, 7) is 0. The van der Waals surface area contributed by atoms with Crippen molar-refractivity contribution in [2.45, 2.75) is 0 Å². The van der Waals surface area contributed by atoms with Crippen LogP contribution in [0.5, 0.6) is 0 Å². The van der Waals surface area contributed by atoms with Crippen LogP contribution in [0.4, 0.5) is 11.4 Å². The lowest BCUT2D eigenvalue weighted by Crippen LogP contribution is -2.04. The highest BCUT2D eigenvalue weighted by Crippen LogP contribution is 2.34. The summed E-state index contributed by atoms with van der Waals surface area (Å²) in [5.74, 6) is 0. The standard InChI is InChI=1S/2C6H6NO5P/c8-7(9)5-1-3-6(4-2-5)13(10,11)12;8-7(9)5-2-1-3-6(4-5)13(10,11)12/h2*1-4H,(H2,10,11,12). The van der Waals surface area contributed by atoms with E-state index >= 15 is 0 Å². The summed E-state index contributed by atoms with van der Waals surface area (Å²) in [6.07, 6.45) is 0. The van der Waals surface area contributed by atoms with Gasteiger partial charge in [0.25, 0.3) is 11.4 Å². The molecule has 14 heteroatoms. The normalized spacial score (nSPS) is 11.2. The molecule has 0 aromatic heterocycles. The van der Waals surface area contributed by atoms with E-state index in [1.807, 2.05) is 0 Å². The van der Waals surface area contributed by atoms with E-state index in [4.69, 9.17) is 19.6 Å². The lowest BCUT2D eigenvalue weighted by molar-refractivity contribution is -0.385. The summed E-state index contributed by atoms with van der Waals surface area (Å²) in [5, 5.41) is 19.8. The number of benzene rings is 2. The minimum Gasteiger partial charge on any atom is -0.321 e. The summed E-state index contributed by atoms with van der Waals surface area (Å²) in [4.78, 5) is 53.7. The number of nitro groups is 2. The Morgan fingerprint density at radius 3 is 1.54 bits per heavy atom. The van der Waals surface area contributed by atoms with Gasteiger partial charge in [-0.2, -0.15) is 0 Å². The van der Waals surface area contributed by atoms with Crippen LogP contribution in [0.25, 0.3) is 0 Å². The van der Waals surface area contributed by atoms with Gasteiger partial charge in [0.15, 0.2) is 0 Å². The highest BCUT2D eigenvalue weighted by Gasteiger charge is 2.19. The van der Waals surface area contributed by atoms with E-state index in [1.165, 1.54) is 12.1 Å². The first kappa shape index (κ1) is 21.6. The highest BCUT2D eigenvalue weighted by molar-refractivity contribution is 7.60. The molecule has 0 spiro atoms. The Morgan fingerprint density at radius 1 is 0.692 bits per heavy atom. The second-order valence-corrected chi connectivity index (χ2v) is 7.85.